The molecule has 66 valence electrons. The molecule has 1 aromatic carbocycles. The van der Waals surface area contributed by atoms with E-state index in [2.05, 4.69) is 22.5 Å². The summed E-state index contributed by atoms with van der Waals surface area (Å²) in [6.07, 6.45) is 0.606. The van der Waals surface area contributed by atoms with E-state index in [9.17, 15) is 4.39 Å². The molecule has 0 atom stereocenters. The van der Waals surface area contributed by atoms with E-state index in [1.807, 2.05) is 0 Å². The number of nitrogens with zero attached hydrogens (tertiary/aromatic N) is 1. The van der Waals surface area contributed by atoms with Crippen LogP contribution in [0.25, 0.3) is 0 Å². The Kier molecular flexibility index (Phi) is 3.21. The van der Waals surface area contributed by atoms with Crippen LogP contribution >= 0.6 is 15.9 Å². The summed E-state index contributed by atoms with van der Waals surface area (Å²) in [4.78, 5) is 0. The maximum absolute atomic E-state index is 12.9. The van der Waals surface area contributed by atoms with Gasteiger partial charge >= 0.3 is 0 Å². The molecule has 0 aliphatic heterocycles. The summed E-state index contributed by atoms with van der Waals surface area (Å²) in [6.45, 7) is 3.67. The molecule has 0 saturated carbocycles. The van der Waals surface area contributed by atoms with Gasteiger partial charge in [0.1, 0.15) is 11.9 Å². The first-order valence-electron chi connectivity index (χ1n) is 3.65. The minimum atomic E-state index is -0.480. The zero-order valence-corrected chi connectivity index (χ0v) is 8.44. The zero-order valence-electron chi connectivity index (χ0n) is 6.85. The summed E-state index contributed by atoms with van der Waals surface area (Å²) >= 11 is 3.20. The van der Waals surface area contributed by atoms with E-state index >= 15 is 0 Å². The third kappa shape index (κ3) is 2.67. The standard InChI is InChI=1S/C10H7BrFN/c1-7(11)4-8-2-3-10(12)9(5-8)6-13/h2-3,5H,1,4H2. The second-order valence-corrected chi connectivity index (χ2v) is 3.74. The van der Waals surface area contributed by atoms with Gasteiger partial charge in [0.2, 0.25) is 0 Å². The van der Waals surface area contributed by atoms with E-state index in [-0.39, 0.29) is 5.56 Å². The van der Waals surface area contributed by atoms with Crippen LogP contribution in [0.3, 0.4) is 0 Å². The molecule has 0 spiro atoms. The van der Waals surface area contributed by atoms with E-state index in [0.717, 1.165) is 10.0 Å². The highest BCUT2D eigenvalue weighted by molar-refractivity contribution is 9.11. The summed E-state index contributed by atoms with van der Waals surface area (Å²) in [7, 11) is 0. The van der Waals surface area contributed by atoms with Crippen molar-refractivity contribution < 1.29 is 4.39 Å². The van der Waals surface area contributed by atoms with Gasteiger partial charge in [0.05, 0.1) is 5.56 Å². The molecule has 0 aromatic heterocycles. The third-order valence-electron chi connectivity index (χ3n) is 1.55. The van der Waals surface area contributed by atoms with Crippen molar-refractivity contribution in [2.24, 2.45) is 0 Å². The lowest BCUT2D eigenvalue weighted by atomic mass is 10.1. The molecule has 1 aromatic rings. The van der Waals surface area contributed by atoms with Crippen molar-refractivity contribution in [1.29, 1.82) is 5.26 Å². The molecule has 0 unspecified atom stereocenters. The average molecular weight is 240 g/mol. The van der Waals surface area contributed by atoms with Crippen molar-refractivity contribution in [2.45, 2.75) is 6.42 Å². The van der Waals surface area contributed by atoms with Crippen LogP contribution in [0.15, 0.2) is 29.3 Å². The van der Waals surface area contributed by atoms with Crippen LogP contribution in [0.1, 0.15) is 11.1 Å². The first-order valence-corrected chi connectivity index (χ1v) is 4.44. The Morgan fingerprint density at radius 2 is 2.31 bits per heavy atom. The number of rotatable bonds is 2. The maximum Gasteiger partial charge on any atom is 0.140 e. The molecule has 1 nitrogen and oxygen atoms in total. The second kappa shape index (κ2) is 4.20. The van der Waals surface area contributed by atoms with Crippen molar-refractivity contribution in [2.75, 3.05) is 0 Å². The number of hydrogen-bond acceptors (Lipinski definition) is 1. The van der Waals surface area contributed by atoms with Gasteiger partial charge in [-0.3, -0.25) is 0 Å². The van der Waals surface area contributed by atoms with Gasteiger partial charge in [-0.25, -0.2) is 4.39 Å². The quantitative estimate of drug-likeness (QED) is 0.778. The Labute approximate surface area is 84.6 Å². The van der Waals surface area contributed by atoms with E-state index in [1.165, 1.54) is 12.1 Å². The summed E-state index contributed by atoms with van der Waals surface area (Å²) < 4.78 is 13.7. The lowest BCUT2D eigenvalue weighted by Gasteiger charge is -2.00. The Hall–Kier alpha value is -1.14. The van der Waals surface area contributed by atoms with Crippen LogP contribution in [0.4, 0.5) is 4.39 Å². The number of hydrogen-bond donors (Lipinski definition) is 0. The molecule has 0 radical (unpaired) electrons. The molecule has 0 heterocycles. The van der Waals surface area contributed by atoms with Crippen LogP contribution in [0.5, 0.6) is 0 Å². The van der Waals surface area contributed by atoms with E-state index in [1.54, 1.807) is 12.1 Å². The first kappa shape index (κ1) is 9.94. The highest BCUT2D eigenvalue weighted by Gasteiger charge is 2.02. The van der Waals surface area contributed by atoms with Crippen molar-refractivity contribution in [3.05, 3.63) is 46.2 Å². The summed E-state index contributed by atoms with van der Waals surface area (Å²) in [5.74, 6) is -0.480. The van der Waals surface area contributed by atoms with Gasteiger partial charge in [-0.15, -0.1) is 0 Å². The normalized spacial score (nSPS) is 9.31. The monoisotopic (exact) mass is 239 g/mol. The molecular formula is C10H7BrFN. The molecule has 0 fully saturated rings. The minimum absolute atomic E-state index is 0.0752. The fourth-order valence-electron chi connectivity index (χ4n) is 0.990. The largest absolute Gasteiger partial charge is 0.206 e. The predicted molar refractivity (Wildman–Crippen MR) is 52.9 cm³/mol. The number of allylic oxidation sites excluding steroid dienone is 1. The molecule has 0 amide bonds. The Morgan fingerprint density at radius 3 is 2.85 bits per heavy atom. The Balaban J connectivity index is 3.01. The molecule has 1 rings (SSSR count). The maximum atomic E-state index is 12.9. The van der Waals surface area contributed by atoms with Crippen LogP contribution in [-0.4, -0.2) is 0 Å². The van der Waals surface area contributed by atoms with Crippen LogP contribution in [0.2, 0.25) is 0 Å². The second-order valence-electron chi connectivity index (χ2n) is 2.62. The predicted octanol–water partition coefficient (Wildman–Crippen LogP) is 3.15. The molecular weight excluding hydrogens is 233 g/mol. The van der Waals surface area contributed by atoms with Crippen LogP contribution < -0.4 is 0 Å². The molecule has 3 heteroatoms. The van der Waals surface area contributed by atoms with E-state index in [4.69, 9.17) is 5.26 Å². The average Bonchev–Trinajstić information content (AvgIpc) is 2.07. The van der Waals surface area contributed by atoms with Gasteiger partial charge in [0, 0.05) is 6.42 Å². The van der Waals surface area contributed by atoms with Crippen LogP contribution in [0, 0.1) is 17.1 Å². The summed E-state index contributed by atoms with van der Waals surface area (Å²) in [6, 6.07) is 6.26. The Morgan fingerprint density at radius 1 is 1.62 bits per heavy atom. The SMILES string of the molecule is C=C(Br)Cc1ccc(F)c(C#N)c1. The molecule has 13 heavy (non-hydrogen) atoms. The lowest BCUT2D eigenvalue weighted by Crippen LogP contribution is -1.89. The van der Waals surface area contributed by atoms with Gasteiger partial charge < -0.3 is 0 Å². The van der Waals surface area contributed by atoms with Crippen LogP contribution in [-0.2, 0) is 6.42 Å². The fourth-order valence-corrected chi connectivity index (χ4v) is 1.31. The van der Waals surface area contributed by atoms with Crippen molar-refractivity contribution in [3.8, 4) is 6.07 Å². The molecule has 0 bridgehead atoms. The molecule has 0 N–H and O–H groups in total. The number of halogens is 2. The number of nitriles is 1. The summed E-state index contributed by atoms with van der Waals surface area (Å²) in [5, 5.41) is 8.55. The fraction of sp³-hybridized carbons (Fsp3) is 0.100. The minimum Gasteiger partial charge on any atom is -0.206 e. The van der Waals surface area contributed by atoms with Gasteiger partial charge in [-0.1, -0.05) is 28.6 Å². The first-order chi connectivity index (χ1) is 6.13. The molecule has 0 saturated heterocycles. The highest BCUT2D eigenvalue weighted by atomic mass is 79.9. The number of benzene rings is 1. The lowest BCUT2D eigenvalue weighted by molar-refractivity contribution is 0.623. The Bertz CT molecular complexity index is 379. The third-order valence-corrected chi connectivity index (χ3v) is 1.83. The smallest absolute Gasteiger partial charge is 0.140 e. The van der Waals surface area contributed by atoms with Gasteiger partial charge in [0.25, 0.3) is 0 Å². The van der Waals surface area contributed by atoms with E-state index < -0.39 is 5.82 Å². The molecule has 0 aliphatic rings. The van der Waals surface area contributed by atoms with Gasteiger partial charge in [-0.05, 0) is 22.2 Å². The van der Waals surface area contributed by atoms with Crippen molar-refractivity contribution in [3.63, 3.8) is 0 Å². The van der Waals surface area contributed by atoms with Gasteiger partial charge in [-0.2, -0.15) is 5.26 Å². The van der Waals surface area contributed by atoms with Crippen molar-refractivity contribution in [1.82, 2.24) is 0 Å². The summed E-state index contributed by atoms with van der Waals surface area (Å²) in [5.41, 5.74) is 0.950. The zero-order chi connectivity index (χ0) is 9.84. The van der Waals surface area contributed by atoms with Gasteiger partial charge in [0.15, 0.2) is 0 Å². The van der Waals surface area contributed by atoms with Crippen molar-refractivity contribution >= 4 is 15.9 Å². The highest BCUT2D eigenvalue weighted by Crippen LogP contribution is 2.15. The van der Waals surface area contributed by atoms with E-state index in [0.29, 0.717) is 6.42 Å². The molecule has 0 aliphatic carbocycles. The topological polar surface area (TPSA) is 23.8 Å².